The summed E-state index contributed by atoms with van der Waals surface area (Å²) in [5.74, 6) is 0. The van der Waals surface area contributed by atoms with Gasteiger partial charge in [-0.25, -0.2) is 0 Å². The molecule has 2 nitrogen and oxygen atoms in total. The zero-order chi connectivity index (χ0) is 8.55. The van der Waals surface area contributed by atoms with E-state index in [1.165, 1.54) is 11.1 Å². The number of hydrogen-bond donors (Lipinski definition) is 0. The van der Waals surface area contributed by atoms with E-state index in [2.05, 4.69) is 60.3 Å². The fourth-order valence-electron chi connectivity index (χ4n) is 1.07. The first-order chi connectivity index (χ1) is 5.79. The predicted octanol–water partition coefficient (Wildman–Crippen LogP) is 3.81. The largest absolute Gasteiger partial charge is 0.206 e. The van der Waals surface area contributed by atoms with Crippen LogP contribution in [0.1, 0.15) is 17.3 Å². The van der Waals surface area contributed by atoms with Gasteiger partial charge in [0, 0.05) is 15.4 Å². The zero-order valence-electron chi connectivity index (χ0n) is 6.17. The van der Waals surface area contributed by atoms with E-state index in [1.807, 2.05) is 0 Å². The Morgan fingerprint density at radius 2 is 2.00 bits per heavy atom. The minimum absolute atomic E-state index is 0.0975. The topological polar surface area (TPSA) is 24.7 Å². The average Bonchev–Trinajstić information content (AvgIpc) is 2.85. The normalized spacial score (nSPS) is 15.2. The maximum atomic E-state index is 3.88. The van der Waals surface area contributed by atoms with Crippen molar-refractivity contribution in [3.63, 3.8) is 0 Å². The lowest BCUT2D eigenvalue weighted by molar-refractivity contribution is 1.04. The van der Waals surface area contributed by atoms with Crippen molar-refractivity contribution in [2.45, 2.75) is 11.5 Å². The molecule has 62 valence electrons. The van der Waals surface area contributed by atoms with Crippen LogP contribution in [0.4, 0.5) is 0 Å². The molecule has 0 aliphatic carbocycles. The van der Waals surface area contributed by atoms with Gasteiger partial charge < -0.3 is 0 Å². The number of halogens is 2. The molecule has 0 radical (unpaired) electrons. The van der Waals surface area contributed by atoms with Crippen LogP contribution in [0, 0.1) is 0 Å². The number of alkyl halides is 1. The summed E-state index contributed by atoms with van der Waals surface area (Å²) >= 11 is 6.86. The Balaban J connectivity index is 2.35. The van der Waals surface area contributed by atoms with Gasteiger partial charge in [-0.15, -0.1) is 0 Å². The third-order valence-electron chi connectivity index (χ3n) is 1.66. The molecular formula is C8H6Br2N2. The minimum Gasteiger partial charge on any atom is -0.157 e. The van der Waals surface area contributed by atoms with E-state index in [4.69, 9.17) is 0 Å². The Bertz CT molecular complexity index is 330. The molecule has 2 rings (SSSR count). The third kappa shape index (κ3) is 1.75. The molecule has 0 bridgehead atoms. The number of benzene rings is 1. The van der Waals surface area contributed by atoms with Crippen LogP contribution in [0.25, 0.3) is 0 Å². The predicted molar refractivity (Wildman–Crippen MR) is 54.4 cm³/mol. The van der Waals surface area contributed by atoms with Gasteiger partial charge in [-0.05, 0) is 17.7 Å². The maximum absolute atomic E-state index is 3.88. The quantitative estimate of drug-likeness (QED) is 0.740. The second kappa shape index (κ2) is 3.26. The molecule has 0 amide bonds. The van der Waals surface area contributed by atoms with Crippen molar-refractivity contribution in [1.29, 1.82) is 0 Å². The summed E-state index contributed by atoms with van der Waals surface area (Å²) in [7, 11) is 0. The van der Waals surface area contributed by atoms with E-state index >= 15 is 0 Å². The molecule has 1 aliphatic heterocycles. The summed E-state index contributed by atoms with van der Waals surface area (Å²) in [6.45, 7) is 0. The minimum atomic E-state index is 0.0975. The Morgan fingerprint density at radius 1 is 1.25 bits per heavy atom. The number of nitrogens with zero attached hydrogens (tertiary/aromatic N) is 2. The maximum Gasteiger partial charge on any atom is 0.206 e. The van der Waals surface area contributed by atoms with E-state index in [-0.39, 0.29) is 6.17 Å². The highest BCUT2D eigenvalue weighted by Gasteiger charge is 2.18. The lowest BCUT2D eigenvalue weighted by Crippen LogP contribution is -1.84. The third-order valence-corrected chi connectivity index (χ3v) is 2.77. The van der Waals surface area contributed by atoms with E-state index in [9.17, 15) is 0 Å². The van der Waals surface area contributed by atoms with Crippen molar-refractivity contribution in [2.24, 2.45) is 10.2 Å². The summed E-state index contributed by atoms with van der Waals surface area (Å²) in [5, 5.41) is 8.62. The highest BCUT2D eigenvalue weighted by molar-refractivity contribution is 9.10. The highest BCUT2D eigenvalue weighted by atomic mass is 79.9. The monoisotopic (exact) mass is 288 g/mol. The molecule has 0 N–H and O–H groups in total. The van der Waals surface area contributed by atoms with Gasteiger partial charge in [0.1, 0.15) is 0 Å². The van der Waals surface area contributed by atoms with Gasteiger partial charge in [-0.2, -0.15) is 10.2 Å². The first kappa shape index (κ1) is 8.38. The summed E-state index contributed by atoms with van der Waals surface area (Å²) < 4.78 is 1.09. The van der Waals surface area contributed by atoms with Gasteiger partial charge in [0.25, 0.3) is 0 Å². The van der Waals surface area contributed by atoms with Crippen molar-refractivity contribution < 1.29 is 0 Å². The molecule has 4 heteroatoms. The molecule has 1 aliphatic rings. The van der Waals surface area contributed by atoms with E-state index in [0.717, 1.165) is 9.80 Å². The molecule has 1 heterocycles. The SMILES string of the molecule is BrCc1cc(Br)cc(C2N=N2)c1. The van der Waals surface area contributed by atoms with Gasteiger partial charge in [-0.3, -0.25) is 0 Å². The summed E-state index contributed by atoms with van der Waals surface area (Å²) in [4.78, 5) is 0. The van der Waals surface area contributed by atoms with Gasteiger partial charge in [-0.1, -0.05) is 37.9 Å². The van der Waals surface area contributed by atoms with E-state index in [0.29, 0.717) is 0 Å². The number of hydrogen-bond acceptors (Lipinski definition) is 2. The summed E-state index contributed by atoms with van der Waals surface area (Å²) in [6, 6.07) is 6.25. The van der Waals surface area contributed by atoms with Gasteiger partial charge in [0.2, 0.25) is 6.17 Å². The summed E-state index contributed by atoms with van der Waals surface area (Å²) in [5.41, 5.74) is 2.41. The average molecular weight is 290 g/mol. The standard InChI is InChI=1S/C8H6Br2N2/c9-4-5-1-6(8-11-12-8)3-7(10)2-5/h1-3,8H,4H2. The van der Waals surface area contributed by atoms with Crippen LogP contribution in [-0.2, 0) is 5.33 Å². The Morgan fingerprint density at radius 3 is 2.58 bits per heavy atom. The Labute approximate surface area is 87.3 Å². The Kier molecular flexibility index (Phi) is 2.28. The van der Waals surface area contributed by atoms with Crippen molar-refractivity contribution in [3.8, 4) is 0 Å². The van der Waals surface area contributed by atoms with E-state index < -0.39 is 0 Å². The lowest BCUT2D eigenvalue weighted by Gasteiger charge is -2.00. The molecule has 0 saturated heterocycles. The van der Waals surface area contributed by atoms with Crippen molar-refractivity contribution in [2.75, 3.05) is 0 Å². The molecule has 0 atom stereocenters. The Hall–Kier alpha value is -0.220. The second-order valence-corrected chi connectivity index (χ2v) is 4.11. The van der Waals surface area contributed by atoms with Gasteiger partial charge in [0.05, 0.1) is 0 Å². The van der Waals surface area contributed by atoms with Gasteiger partial charge >= 0.3 is 0 Å². The van der Waals surface area contributed by atoms with Gasteiger partial charge in [0.15, 0.2) is 0 Å². The van der Waals surface area contributed by atoms with E-state index in [1.54, 1.807) is 0 Å². The fourth-order valence-corrected chi connectivity index (χ4v) is 1.95. The zero-order valence-corrected chi connectivity index (χ0v) is 9.34. The first-order valence-electron chi connectivity index (χ1n) is 3.55. The number of rotatable bonds is 2. The van der Waals surface area contributed by atoms with Crippen LogP contribution in [0.2, 0.25) is 0 Å². The molecule has 1 aromatic rings. The van der Waals surface area contributed by atoms with Crippen LogP contribution in [0.5, 0.6) is 0 Å². The summed E-state index contributed by atoms with van der Waals surface area (Å²) in [6.07, 6.45) is 0.0975. The smallest absolute Gasteiger partial charge is 0.157 e. The van der Waals surface area contributed by atoms with Crippen LogP contribution in [0.3, 0.4) is 0 Å². The second-order valence-electron chi connectivity index (χ2n) is 2.63. The van der Waals surface area contributed by atoms with Crippen LogP contribution in [-0.4, -0.2) is 0 Å². The highest BCUT2D eigenvalue weighted by Crippen LogP contribution is 2.33. The molecule has 12 heavy (non-hydrogen) atoms. The molecule has 1 aromatic carbocycles. The fraction of sp³-hybridized carbons (Fsp3) is 0.250. The molecular weight excluding hydrogens is 284 g/mol. The molecule has 0 fully saturated rings. The lowest BCUT2D eigenvalue weighted by atomic mass is 10.1. The molecule has 0 aromatic heterocycles. The van der Waals surface area contributed by atoms with Crippen molar-refractivity contribution in [1.82, 2.24) is 0 Å². The van der Waals surface area contributed by atoms with Crippen LogP contribution >= 0.6 is 31.9 Å². The van der Waals surface area contributed by atoms with Crippen molar-refractivity contribution in [3.05, 3.63) is 33.8 Å². The molecule has 0 unspecified atom stereocenters. The first-order valence-corrected chi connectivity index (χ1v) is 5.46. The van der Waals surface area contributed by atoms with Crippen LogP contribution < -0.4 is 0 Å². The van der Waals surface area contributed by atoms with Crippen LogP contribution in [0.15, 0.2) is 32.9 Å². The molecule has 0 spiro atoms. The molecule has 0 saturated carbocycles. The van der Waals surface area contributed by atoms with Crippen molar-refractivity contribution >= 4 is 31.9 Å².